The highest BCUT2D eigenvalue weighted by atomic mass is 16.6. The zero-order chi connectivity index (χ0) is 31.8. The third kappa shape index (κ3) is 6.99. The van der Waals surface area contributed by atoms with Crippen LogP contribution in [0.1, 0.15) is 55.9 Å². The van der Waals surface area contributed by atoms with Crippen molar-refractivity contribution in [1.82, 2.24) is 9.66 Å². The highest BCUT2D eigenvalue weighted by molar-refractivity contribution is 5.84. The van der Waals surface area contributed by atoms with E-state index in [1.165, 1.54) is 4.68 Å². The Bertz CT molecular complexity index is 1760. The lowest BCUT2D eigenvalue weighted by Crippen LogP contribution is -2.21. The summed E-state index contributed by atoms with van der Waals surface area (Å²) in [5.74, 6) is 1.76. The first-order chi connectivity index (χ1) is 21.2. The van der Waals surface area contributed by atoms with Crippen LogP contribution in [0.4, 0.5) is 0 Å². The third-order valence-electron chi connectivity index (χ3n) is 6.97. The highest BCUT2D eigenvalue weighted by Crippen LogP contribution is 2.35. The minimum atomic E-state index is -0.477. The van der Waals surface area contributed by atoms with Crippen LogP contribution >= 0.6 is 0 Å². The Morgan fingerprint density at radius 2 is 1.84 bits per heavy atom. The molecule has 0 fully saturated rings. The summed E-state index contributed by atoms with van der Waals surface area (Å²) in [6.45, 7) is 14.0. The van der Waals surface area contributed by atoms with E-state index in [1.807, 2.05) is 44.2 Å². The van der Waals surface area contributed by atoms with Gasteiger partial charge in [0.25, 0.3) is 5.56 Å². The van der Waals surface area contributed by atoms with Crippen molar-refractivity contribution in [2.45, 2.75) is 47.0 Å². The number of allylic oxidation sites excluding steroid dienone is 1. The first kappa shape index (κ1) is 32.0. The molecule has 3 aromatic carbocycles. The molecule has 1 aromatic heterocycles. The van der Waals surface area contributed by atoms with E-state index in [9.17, 15) is 9.59 Å². The van der Waals surface area contributed by atoms with E-state index in [0.29, 0.717) is 46.8 Å². The molecule has 44 heavy (non-hydrogen) atoms. The molecule has 0 aliphatic heterocycles. The maximum Gasteiger partial charge on any atom is 0.344 e. The predicted molar refractivity (Wildman–Crippen MR) is 173 cm³/mol. The molecule has 0 radical (unpaired) electrons. The third-order valence-corrected chi connectivity index (χ3v) is 6.97. The number of benzene rings is 3. The van der Waals surface area contributed by atoms with Crippen LogP contribution in [0.5, 0.6) is 17.2 Å². The number of hydrogen-bond acceptors (Lipinski definition) is 8. The van der Waals surface area contributed by atoms with Gasteiger partial charge in [-0.2, -0.15) is 9.78 Å². The Hall–Kier alpha value is -4.92. The lowest BCUT2D eigenvalue weighted by molar-refractivity contribution is -0.145. The second-order valence-electron chi connectivity index (χ2n) is 10.4. The number of ether oxygens (including phenoxy) is 4. The van der Waals surface area contributed by atoms with Crippen molar-refractivity contribution in [2.75, 3.05) is 26.9 Å². The number of carbonyl (C=O) groups excluding carboxylic acids is 1. The van der Waals surface area contributed by atoms with E-state index in [0.717, 1.165) is 28.0 Å². The number of methoxy groups -OCH3 is 1. The van der Waals surface area contributed by atoms with Gasteiger partial charge < -0.3 is 18.9 Å². The Kier molecular flexibility index (Phi) is 10.6. The number of nitrogens with zero attached hydrogens (tertiary/aromatic N) is 3. The van der Waals surface area contributed by atoms with Crippen LogP contribution in [-0.2, 0) is 16.0 Å². The molecule has 4 rings (SSSR count). The van der Waals surface area contributed by atoms with E-state index in [1.54, 1.807) is 44.5 Å². The van der Waals surface area contributed by atoms with Crippen molar-refractivity contribution >= 4 is 23.1 Å². The molecule has 0 aliphatic carbocycles. The minimum absolute atomic E-state index is 0.179. The Morgan fingerprint density at radius 1 is 1.07 bits per heavy atom. The number of fused-ring (bicyclic) bond motifs is 1. The van der Waals surface area contributed by atoms with E-state index >= 15 is 0 Å². The molecular weight excluding hydrogens is 558 g/mol. The molecule has 9 nitrogen and oxygen atoms in total. The summed E-state index contributed by atoms with van der Waals surface area (Å²) in [6, 6.07) is 14.8. The Balaban J connectivity index is 1.89. The summed E-state index contributed by atoms with van der Waals surface area (Å²) < 4.78 is 23.7. The summed E-state index contributed by atoms with van der Waals surface area (Å²) >= 11 is 0. The summed E-state index contributed by atoms with van der Waals surface area (Å²) in [5.41, 5.74) is 4.36. The fourth-order valence-corrected chi connectivity index (χ4v) is 4.92. The number of rotatable bonds is 13. The number of aromatic nitrogens is 2. The maximum absolute atomic E-state index is 13.9. The van der Waals surface area contributed by atoms with Crippen LogP contribution in [0, 0.1) is 6.92 Å². The first-order valence-electron chi connectivity index (χ1n) is 14.7. The molecule has 4 aromatic rings. The van der Waals surface area contributed by atoms with Crippen LogP contribution in [-0.4, -0.2) is 48.8 Å². The van der Waals surface area contributed by atoms with Gasteiger partial charge in [0.2, 0.25) is 0 Å². The van der Waals surface area contributed by atoms with E-state index in [4.69, 9.17) is 23.9 Å². The number of hydrogen-bond donors (Lipinski definition) is 0. The number of aryl methyl sites for hydroxylation is 1. The fourth-order valence-electron chi connectivity index (χ4n) is 4.92. The molecular formula is C35H39N3O6. The smallest absolute Gasteiger partial charge is 0.344 e. The van der Waals surface area contributed by atoms with Gasteiger partial charge in [-0.25, -0.2) is 9.78 Å². The number of esters is 1. The molecule has 0 aliphatic rings. The predicted octanol–water partition coefficient (Wildman–Crippen LogP) is 6.46. The van der Waals surface area contributed by atoms with Gasteiger partial charge in [0.15, 0.2) is 23.9 Å². The number of para-hydroxylation sites is 1. The van der Waals surface area contributed by atoms with Crippen LogP contribution in [0.25, 0.3) is 22.3 Å². The van der Waals surface area contributed by atoms with Crippen molar-refractivity contribution in [3.8, 4) is 28.6 Å². The molecule has 1 heterocycles. The van der Waals surface area contributed by atoms with Crippen LogP contribution in [0.2, 0.25) is 0 Å². The maximum atomic E-state index is 13.9. The quantitative estimate of drug-likeness (QED) is 0.0991. The van der Waals surface area contributed by atoms with Gasteiger partial charge in [-0.1, -0.05) is 32.1 Å². The second kappa shape index (κ2) is 14.5. The van der Waals surface area contributed by atoms with E-state index in [-0.39, 0.29) is 24.7 Å². The first-order valence-corrected chi connectivity index (χ1v) is 14.7. The van der Waals surface area contributed by atoms with Gasteiger partial charge in [0, 0.05) is 11.1 Å². The molecule has 0 unspecified atom stereocenters. The summed E-state index contributed by atoms with van der Waals surface area (Å²) in [6.07, 6.45) is 3.78. The molecule has 0 saturated heterocycles. The Labute approximate surface area is 257 Å². The zero-order valence-electron chi connectivity index (χ0n) is 26.2. The van der Waals surface area contributed by atoms with E-state index in [2.05, 4.69) is 25.5 Å². The van der Waals surface area contributed by atoms with Crippen LogP contribution < -0.4 is 19.8 Å². The zero-order valence-corrected chi connectivity index (χ0v) is 26.2. The van der Waals surface area contributed by atoms with Crippen molar-refractivity contribution < 1.29 is 23.7 Å². The second-order valence-corrected chi connectivity index (χ2v) is 10.4. The lowest BCUT2D eigenvalue weighted by Gasteiger charge is -2.18. The topological polar surface area (TPSA) is 101 Å². The normalized spacial score (nSPS) is 11.2. The Morgan fingerprint density at radius 3 is 2.52 bits per heavy atom. The molecule has 230 valence electrons. The standard InChI is InChI=1S/C35H39N3O6/c1-8-13-25-17-24(18-31(42-9-2)33(25)44-21-32(39)43-10-3)20-36-38-34(37-29-15-12-11-14-26(29)35(38)40)28-19-27(22(4)5)30(41-7)16-23(28)6/h8,11-12,14-20,22H,1,9-10,13,21H2,2-7H3. The SMILES string of the molecule is C=CCc1cc(C=Nn2c(-c3cc(C(C)C)c(OC)cc3C)nc3ccccc3c2=O)cc(OCC)c1OCC(=O)OCC. The summed E-state index contributed by atoms with van der Waals surface area (Å²) in [5, 5.41) is 5.13. The van der Waals surface area contributed by atoms with Gasteiger partial charge in [-0.15, -0.1) is 6.58 Å². The highest BCUT2D eigenvalue weighted by Gasteiger charge is 2.19. The number of carbonyl (C=O) groups is 1. The van der Waals surface area contributed by atoms with Crippen molar-refractivity contribution in [3.63, 3.8) is 0 Å². The largest absolute Gasteiger partial charge is 0.496 e. The molecule has 9 heteroatoms. The van der Waals surface area contributed by atoms with Gasteiger partial charge in [-0.3, -0.25) is 4.79 Å². The lowest BCUT2D eigenvalue weighted by atomic mass is 9.96. The fraction of sp³-hybridized carbons (Fsp3) is 0.314. The molecule has 0 N–H and O–H groups in total. The molecule has 0 atom stereocenters. The summed E-state index contributed by atoms with van der Waals surface area (Å²) in [4.78, 5) is 30.8. The molecule has 0 saturated carbocycles. The van der Waals surface area contributed by atoms with Crippen molar-refractivity contribution in [2.24, 2.45) is 5.10 Å². The molecule has 0 amide bonds. The summed E-state index contributed by atoms with van der Waals surface area (Å²) in [7, 11) is 1.65. The van der Waals surface area contributed by atoms with Gasteiger partial charge in [0.05, 0.1) is 37.4 Å². The van der Waals surface area contributed by atoms with Gasteiger partial charge >= 0.3 is 5.97 Å². The van der Waals surface area contributed by atoms with Gasteiger partial charge in [-0.05, 0) is 86.2 Å². The van der Waals surface area contributed by atoms with Crippen LogP contribution in [0.15, 0.2) is 71.1 Å². The average Bonchev–Trinajstić information content (AvgIpc) is 3.00. The minimum Gasteiger partial charge on any atom is -0.496 e. The van der Waals surface area contributed by atoms with Crippen molar-refractivity contribution in [1.29, 1.82) is 0 Å². The average molecular weight is 598 g/mol. The van der Waals surface area contributed by atoms with Crippen molar-refractivity contribution in [3.05, 3.63) is 93.8 Å². The van der Waals surface area contributed by atoms with Crippen LogP contribution in [0.3, 0.4) is 0 Å². The van der Waals surface area contributed by atoms with Gasteiger partial charge in [0.1, 0.15) is 5.75 Å². The monoisotopic (exact) mass is 597 g/mol. The van der Waals surface area contributed by atoms with E-state index < -0.39 is 5.97 Å². The molecule has 0 bridgehead atoms. The molecule has 0 spiro atoms.